The Morgan fingerprint density at radius 3 is 3.00 bits per heavy atom. The number of nitrogens with two attached hydrogens (primary N) is 1. The molecule has 0 aliphatic heterocycles. The molecule has 6 nitrogen and oxygen atoms in total. The number of aryl methyl sites for hydroxylation is 1. The van der Waals surface area contributed by atoms with Crippen LogP contribution in [0.1, 0.15) is 11.1 Å². The number of aromatic nitrogens is 4. The van der Waals surface area contributed by atoms with E-state index in [0.717, 1.165) is 23.1 Å². The minimum atomic E-state index is -0.216. The molecular weight excluding hydrogens is 271 g/mol. The number of nitrogen functional groups attached to an aromatic ring is 1. The van der Waals surface area contributed by atoms with E-state index in [4.69, 9.17) is 5.73 Å². The Morgan fingerprint density at radius 2 is 2.19 bits per heavy atom. The first-order valence-electron chi connectivity index (χ1n) is 6.59. The van der Waals surface area contributed by atoms with Gasteiger partial charge in [0.25, 0.3) is 0 Å². The molecule has 108 valence electrons. The van der Waals surface area contributed by atoms with Gasteiger partial charge in [0, 0.05) is 6.54 Å². The van der Waals surface area contributed by atoms with Crippen LogP contribution in [0.5, 0.6) is 0 Å². The third-order valence-electron chi connectivity index (χ3n) is 3.29. The second-order valence-electron chi connectivity index (χ2n) is 4.78. The highest BCUT2D eigenvalue weighted by Crippen LogP contribution is 2.17. The van der Waals surface area contributed by atoms with Crippen molar-refractivity contribution < 1.29 is 4.39 Å². The number of aromatic amines is 1. The number of H-pyrrole nitrogens is 1. The first-order chi connectivity index (χ1) is 10.1. The fourth-order valence-corrected chi connectivity index (χ4v) is 2.23. The zero-order valence-corrected chi connectivity index (χ0v) is 11.5. The molecule has 0 radical (unpaired) electrons. The molecule has 0 fully saturated rings. The number of anilines is 2. The van der Waals surface area contributed by atoms with Gasteiger partial charge in [-0.25, -0.2) is 9.37 Å². The standard InChI is InChI=1S/C14H15FN6/c1-8-6-10(15)3-2-9(8)4-5-17-12-11-13(19-7-18-11)21-14(16)20-12/h2-3,6-7H,4-5H2,1H3,(H4,16,17,18,19,20,21). The predicted molar refractivity (Wildman–Crippen MR) is 79.4 cm³/mol. The first kappa shape index (κ1) is 13.3. The summed E-state index contributed by atoms with van der Waals surface area (Å²) in [6.45, 7) is 2.55. The van der Waals surface area contributed by atoms with Gasteiger partial charge in [-0.3, -0.25) is 0 Å². The smallest absolute Gasteiger partial charge is 0.224 e. The molecule has 0 aliphatic rings. The van der Waals surface area contributed by atoms with E-state index in [2.05, 4.69) is 25.3 Å². The molecule has 0 aliphatic carbocycles. The fraction of sp³-hybridized carbons (Fsp3) is 0.214. The largest absolute Gasteiger partial charge is 0.368 e. The number of nitrogens with zero attached hydrogens (tertiary/aromatic N) is 3. The third kappa shape index (κ3) is 2.76. The molecule has 2 aromatic heterocycles. The molecule has 3 aromatic rings. The second-order valence-corrected chi connectivity index (χ2v) is 4.78. The van der Waals surface area contributed by atoms with E-state index in [-0.39, 0.29) is 11.8 Å². The molecule has 4 N–H and O–H groups in total. The van der Waals surface area contributed by atoms with E-state index in [1.54, 1.807) is 12.4 Å². The van der Waals surface area contributed by atoms with E-state index in [9.17, 15) is 4.39 Å². The Morgan fingerprint density at radius 1 is 1.33 bits per heavy atom. The summed E-state index contributed by atoms with van der Waals surface area (Å²) < 4.78 is 13.1. The molecule has 3 rings (SSSR count). The number of nitrogens with one attached hydrogen (secondary N) is 2. The molecule has 0 saturated heterocycles. The summed E-state index contributed by atoms with van der Waals surface area (Å²) in [5.41, 5.74) is 8.93. The maximum absolute atomic E-state index is 13.1. The second kappa shape index (κ2) is 5.35. The zero-order valence-electron chi connectivity index (χ0n) is 11.5. The molecular formula is C14H15FN6. The highest BCUT2D eigenvalue weighted by molar-refractivity contribution is 5.83. The Kier molecular flexibility index (Phi) is 3.39. The maximum atomic E-state index is 13.1. The summed E-state index contributed by atoms with van der Waals surface area (Å²) in [6.07, 6.45) is 2.31. The van der Waals surface area contributed by atoms with Crippen LogP contribution in [0.15, 0.2) is 24.5 Å². The summed E-state index contributed by atoms with van der Waals surface area (Å²) in [7, 11) is 0. The molecule has 1 aromatic carbocycles. The van der Waals surface area contributed by atoms with E-state index in [1.807, 2.05) is 6.92 Å². The number of hydrogen-bond donors (Lipinski definition) is 3. The normalized spacial score (nSPS) is 11.0. The van der Waals surface area contributed by atoms with E-state index >= 15 is 0 Å². The highest BCUT2D eigenvalue weighted by Gasteiger charge is 2.08. The molecule has 0 spiro atoms. The maximum Gasteiger partial charge on any atom is 0.224 e. The monoisotopic (exact) mass is 286 g/mol. The summed E-state index contributed by atoms with van der Waals surface area (Å²) in [6, 6.07) is 4.80. The summed E-state index contributed by atoms with van der Waals surface area (Å²) in [5.74, 6) is 0.580. The minimum absolute atomic E-state index is 0.176. The SMILES string of the molecule is Cc1cc(F)ccc1CCNc1nc(N)nc2nc[nH]c12. The van der Waals surface area contributed by atoms with Gasteiger partial charge in [0.1, 0.15) is 11.3 Å². The van der Waals surface area contributed by atoms with Crippen LogP contribution in [0, 0.1) is 12.7 Å². The lowest BCUT2D eigenvalue weighted by atomic mass is 10.1. The molecule has 0 amide bonds. The lowest BCUT2D eigenvalue weighted by Gasteiger charge is -2.09. The van der Waals surface area contributed by atoms with Crippen LogP contribution < -0.4 is 11.1 Å². The lowest BCUT2D eigenvalue weighted by Crippen LogP contribution is -2.09. The van der Waals surface area contributed by atoms with Crippen LogP contribution in [0.4, 0.5) is 16.2 Å². The first-order valence-corrected chi connectivity index (χ1v) is 6.59. The van der Waals surface area contributed by atoms with Gasteiger partial charge in [0.05, 0.1) is 6.33 Å². The minimum Gasteiger partial charge on any atom is -0.368 e. The van der Waals surface area contributed by atoms with Gasteiger partial charge in [-0.15, -0.1) is 0 Å². The van der Waals surface area contributed by atoms with Gasteiger partial charge < -0.3 is 16.0 Å². The van der Waals surface area contributed by atoms with Crippen molar-refractivity contribution in [2.24, 2.45) is 0 Å². The van der Waals surface area contributed by atoms with Gasteiger partial charge in [-0.05, 0) is 36.6 Å². The Bertz CT molecular complexity index is 782. The van der Waals surface area contributed by atoms with Crippen LogP contribution in [-0.2, 0) is 6.42 Å². The van der Waals surface area contributed by atoms with Crippen LogP contribution in [-0.4, -0.2) is 26.5 Å². The molecule has 0 unspecified atom stereocenters. The quantitative estimate of drug-likeness (QED) is 0.682. The number of rotatable bonds is 4. The Hall–Kier alpha value is -2.70. The van der Waals surface area contributed by atoms with Crippen molar-refractivity contribution in [2.75, 3.05) is 17.6 Å². The third-order valence-corrected chi connectivity index (χ3v) is 3.29. The van der Waals surface area contributed by atoms with Crippen molar-refractivity contribution in [2.45, 2.75) is 13.3 Å². The van der Waals surface area contributed by atoms with Crippen molar-refractivity contribution in [3.63, 3.8) is 0 Å². The Balaban J connectivity index is 1.73. The van der Waals surface area contributed by atoms with Gasteiger partial charge in [-0.2, -0.15) is 9.97 Å². The molecule has 7 heteroatoms. The summed E-state index contributed by atoms with van der Waals surface area (Å²) in [4.78, 5) is 15.2. The van der Waals surface area contributed by atoms with Crippen molar-refractivity contribution in [1.82, 2.24) is 19.9 Å². The molecule has 21 heavy (non-hydrogen) atoms. The van der Waals surface area contributed by atoms with Crippen LogP contribution in [0.25, 0.3) is 11.2 Å². The average Bonchev–Trinajstić information content (AvgIpc) is 2.89. The zero-order chi connectivity index (χ0) is 14.8. The predicted octanol–water partition coefficient (Wildman–Crippen LogP) is 2.04. The average molecular weight is 286 g/mol. The number of fused-ring (bicyclic) bond motifs is 1. The fourth-order valence-electron chi connectivity index (χ4n) is 2.23. The van der Waals surface area contributed by atoms with Crippen LogP contribution >= 0.6 is 0 Å². The Labute approximate surface area is 120 Å². The van der Waals surface area contributed by atoms with Gasteiger partial charge >= 0.3 is 0 Å². The van der Waals surface area contributed by atoms with Crippen LogP contribution in [0.2, 0.25) is 0 Å². The van der Waals surface area contributed by atoms with Gasteiger partial charge in [-0.1, -0.05) is 6.07 Å². The van der Waals surface area contributed by atoms with Crippen molar-refractivity contribution >= 4 is 22.9 Å². The summed E-state index contributed by atoms with van der Waals surface area (Å²) >= 11 is 0. The van der Waals surface area contributed by atoms with Crippen molar-refractivity contribution in [3.05, 3.63) is 41.5 Å². The lowest BCUT2D eigenvalue weighted by molar-refractivity contribution is 0.625. The molecule has 2 heterocycles. The number of imidazole rings is 1. The summed E-state index contributed by atoms with van der Waals surface area (Å²) in [5, 5.41) is 3.21. The highest BCUT2D eigenvalue weighted by atomic mass is 19.1. The topological polar surface area (TPSA) is 92.5 Å². The van der Waals surface area contributed by atoms with Crippen LogP contribution in [0.3, 0.4) is 0 Å². The van der Waals surface area contributed by atoms with Crippen molar-refractivity contribution in [3.8, 4) is 0 Å². The number of benzene rings is 1. The van der Waals surface area contributed by atoms with E-state index in [1.165, 1.54) is 12.1 Å². The molecule has 0 saturated carbocycles. The number of hydrogen-bond acceptors (Lipinski definition) is 5. The van der Waals surface area contributed by atoms with Gasteiger partial charge in [0.2, 0.25) is 5.95 Å². The molecule has 0 bridgehead atoms. The van der Waals surface area contributed by atoms with Crippen molar-refractivity contribution in [1.29, 1.82) is 0 Å². The van der Waals surface area contributed by atoms with E-state index in [0.29, 0.717) is 18.0 Å². The van der Waals surface area contributed by atoms with Gasteiger partial charge in [0.15, 0.2) is 11.5 Å². The number of halogens is 1. The van der Waals surface area contributed by atoms with E-state index < -0.39 is 0 Å². The molecule has 0 atom stereocenters.